The number of carbonyl (C=O) groups excluding carboxylic acids is 1. The predicted molar refractivity (Wildman–Crippen MR) is 100 cm³/mol. The molecule has 26 heavy (non-hydrogen) atoms. The van der Waals surface area contributed by atoms with Gasteiger partial charge in [-0.3, -0.25) is 4.79 Å². The minimum atomic E-state index is -2.99. The summed E-state index contributed by atoms with van der Waals surface area (Å²) in [5.41, 5.74) is 0.837. The number of hydrogen-bond donors (Lipinski definition) is 2. The van der Waals surface area contributed by atoms with E-state index in [4.69, 9.17) is 0 Å². The van der Waals surface area contributed by atoms with Crippen LogP contribution in [0.4, 0.5) is 5.69 Å². The second-order valence-corrected chi connectivity index (χ2v) is 9.37. The molecule has 2 saturated heterocycles. The van der Waals surface area contributed by atoms with Crippen molar-refractivity contribution >= 4 is 21.4 Å². The minimum Gasteiger partial charge on any atom is -0.506 e. The van der Waals surface area contributed by atoms with E-state index in [1.165, 1.54) is 4.90 Å². The van der Waals surface area contributed by atoms with Crippen LogP contribution in [0.25, 0.3) is 0 Å². The average molecular weight is 383 g/mol. The highest BCUT2D eigenvalue weighted by Gasteiger charge is 2.35. The van der Waals surface area contributed by atoms with Crippen LogP contribution in [-0.2, 0) is 14.6 Å². The molecule has 2 aliphatic rings. The highest BCUT2D eigenvalue weighted by Crippen LogP contribution is 2.26. The molecule has 2 N–H and O–H groups in total. The first-order valence-electron chi connectivity index (χ1n) is 9.26. The summed E-state index contributed by atoms with van der Waals surface area (Å²) in [6, 6.07) is 7.14. The molecule has 144 valence electrons. The number of aromatic hydroxyl groups is 1. The molecule has 0 saturated carbocycles. The zero-order chi connectivity index (χ0) is 18.7. The Bertz CT molecular complexity index is 745. The third-order valence-electron chi connectivity index (χ3n) is 5.40. The maximum absolute atomic E-state index is 12.7. The van der Waals surface area contributed by atoms with Gasteiger partial charge in [0.2, 0.25) is 0 Å². The lowest BCUT2D eigenvalue weighted by Gasteiger charge is -2.35. The second kappa shape index (κ2) is 7.84. The fraction of sp³-hybridized carbons (Fsp3) is 0.611. The number of likely N-dealkylation sites (N-methyl/N-ethyl adjacent to an activating group) is 1. The number of nitrogens with zero attached hydrogens (tertiary/aromatic N) is 2. The van der Waals surface area contributed by atoms with Gasteiger partial charge in [0, 0.05) is 12.6 Å². The van der Waals surface area contributed by atoms with Crippen molar-refractivity contribution in [3.63, 3.8) is 0 Å². The van der Waals surface area contributed by atoms with E-state index < -0.39 is 9.84 Å². The first-order valence-corrected chi connectivity index (χ1v) is 11.1. The Kier molecular flexibility index (Phi) is 5.72. The lowest BCUT2D eigenvalue weighted by molar-refractivity contribution is -0.892. The van der Waals surface area contributed by atoms with Gasteiger partial charge < -0.3 is 19.8 Å². The average Bonchev–Trinajstić information content (AvgIpc) is 2.96. The number of quaternary nitrogens is 1. The number of anilines is 1. The van der Waals surface area contributed by atoms with Crippen LogP contribution < -0.4 is 9.80 Å². The number of hydrogen-bond acceptors (Lipinski definition) is 5. The molecule has 0 spiro atoms. The number of phenolic OH excluding ortho intramolecular Hbond substituents is 1. The molecule has 3 rings (SSSR count). The molecule has 0 aliphatic carbocycles. The predicted octanol–water partition coefficient (Wildman–Crippen LogP) is -0.867. The van der Waals surface area contributed by atoms with Crippen LogP contribution in [0.2, 0.25) is 0 Å². The van der Waals surface area contributed by atoms with Crippen LogP contribution in [0.5, 0.6) is 5.75 Å². The summed E-state index contributed by atoms with van der Waals surface area (Å²) in [6.45, 7) is 6.07. The molecule has 1 aromatic rings. The standard InChI is InChI=1S/C18H27N3O4S/c1-2-21(15-7-12-26(24,25)14-15)18(23)13-19-8-10-20(11-9-19)16-5-3-4-6-17(16)22/h3-6,15,22H,2,7-14H2,1H3/p+1/t15-/m1/s1. The third kappa shape index (κ3) is 4.29. The summed E-state index contributed by atoms with van der Waals surface area (Å²) in [6.07, 6.45) is 0.554. The molecule has 2 aliphatic heterocycles. The van der Waals surface area contributed by atoms with Crippen LogP contribution in [0.1, 0.15) is 13.3 Å². The van der Waals surface area contributed by atoms with E-state index in [9.17, 15) is 18.3 Å². The van der Waals surface area contributed by atoms with Crippen LogP contribution >= 0.6 is 0 Å². The van der Waals surface area contributed by atoms with Crippen molar-refractivity contribution in [3.05, 3.63) is 24.3 Å². The van der Waals surface area contributed by atoms with Gasteiger partial charge in [0.25, 0.3) is 5.91 Å². The van der Waals surface area contributed by atoms with Gasteiger partial charge in [-0.05, 0) is 25.5 Å². The Balaban J connectivity index is 1.53. The Hall–Kier alpha value is -1.80. The van der Waals surface area contributed by atoms with Crippen molar-refractivity contribution in [2.45, 2.75) is 19.4 Å². The van der Waals surface area contributed by atoms with E-state index in [0.29, 0.717) is 19.5 Å². The number of phenols is 1. The number of para-hydroxylation sites is 2. The van der Waals surface area contributed by atoms with E-state index in [1.807, 2.05) is 25.1 Å². The first kappa shape index (κ1) is 19.0. The first-order chi connectivity index (χ1) is 12.4. The molecule has 1 aromatic carbocycles. The van der Waals surface area contributed by atoms with Gasteiger partial charge >= 0.3 is 0 Å². The zero-order valence-electron chi connectivity index (χ0n) is 15.2. The van der Waals surface area contributed by atoms with Crippen molar-refractivity contribution in [3.8, 4) is 5.75 Å². The number of piperazine rings is 1. The Morgan fingerprint density at radius 3 is 2.58 bits per heavy atom. The van der Waals surface area contributed by atoms with E-state index in [1.54, 1.807) is 11.0 Å². The molecule has 2 fully saturated rings. The lowest BCUT2D eigenvalue weighted by atomic mass is 10.2. The van der Waals surface area contributed by atoms with Crippen molar-refractivity contribution in [2.24, 2.45) is 0 Å². The number of amides is 1. The normalized spacial score (nSPS) is 23.1. The van der Waals surface area contributed by atoms with Crippen molar-refractivity contribution < 1.29 is 23.2 Å². The molecule has 0 aromatic heterocycles. The van der Waals surface area contributed by atoms with Gasteiger partial charge in [0.15, 0.2) is 16.4 Å². The molecule has 0 bridgehead atoms. The fourth-order valence-corrected chi connectivity index (χ4v) is 5.68. The van der Waals surface area contributed by atoms with Gasteiger partial charge in [0.1, 0.15) is 5.75 Å². The van der Waals surface area contributed by atoms with Crippen LogP contribution in [0.3, 0.4) is 0 Å². The zero-order valence-corrected chi connectivity index (χ0v) is 16.0. The van der Waals surface area contributed by atoms with Crippen molar-refractivity contribution in [1.29, 1.82) is 0 Å². The van der Waals surface area contributed by atoms with Crippen LogP contribution in [0, 0.1) is 0 Å². The summed E-state index contributed by atoms with van der Waals surface area (Å²) in [7, 11) is -2.99. The van der Waals surface area contributed by atoms with Crippen molar-refractivity contribution in [1.82, 2.24) is 4.90 Å². The topological polar surface area (TPSA) is 82.4 Å². The summed E-state index contributed by atoms with van der Waals surface area (Å²) in [5, 5.41) is 9.98. The summed E-state index contributed by atoms with van der Waals surface area (Å²) < 4.78 is 23.4. The van der Waals surface area contributed by atoms with Gasteiger partial charge in [0.05, 0.1) is 43.4 Å². The molecule has 1 amide bonds. The van der Waals surface area contributed by atoms with E-state index in [0.717, 1.165) is 31.9 Å². The summed E-state index contributed by atoms with van der Waals surface area (Å²) in [5.74, 6) is 0.614. The summed E-state index contributed by atoms with van der Waals surface area (Å²) >= 11 is 0. The molecule has 0 unspecified atom stereocenters. The van der Waals surface area contributed by atoms with Gasteiger partial charge in [-0.25, -0.2) is 8.42 Å². The number of benzene rings is 1. The Morgan fingerprint density at radius 2 is 2.00 bits per heavy atom. The fourth-order valence-electron chi connectivity index (χ4n) is 3.95. The molecule has 1 atom stereocenters. The highest BCUT2D eigenvalue weighted by atomic mass is 32.2. The van der Waals surface area contributed by atoms with Gasteiger partial charge in [-0.2, -0.15) is 0 Å². The Morgan fingerprint density at radius 1 is 1.31 bits per heavy atom. The highest BCUT2D eigenvalue weighted by molar-refractivity contribution is 7.91. The quantitative estimate of drug-likeness (QED) is 0.692. The maximum Gasteiger partial charge on any atom is 0.278 e. The molecule has 8 heteroatoms. The minimum absolute atomic E-state index is 0.0422. The number of carbonyl (C=O) groups is 1. The third-order valence-corrected chi connectivity index (χ3v) is 7.15. The Labute approximate surface area is 155 Å². The van der Waals surface area contributed by atoms with Gasteiger partial charge in [-0.1, -0.05) is 12.1 Å². The number of sulfone groups is 1. The summed E-state index contributed by atoms with van der Waals surface area (Å²) in [4.78, 5) is 17.8. The van der Waals surface area contributed by atoms with E-state index in [2.05, 4.69) is 4.90 Å². The number of rotatable bonds is 5. The lowest BCUT2D eigenvalue weighted by Crippen LogP contribution is -3.16. The van der Waals surface area contributed by atoms with Crippen LogP contribution in [0.15, 0.2) is 24.3 Å². The van der Waals surface area contributed by atoms with Crippen LogP contribution in [-0.4, -0.2) is 81.1 Å². The van der Waals surface area contributed by atoms with E-state index >= 15 is 0 Å². The smallest absolute Gasteiger partial charge is 0.278 e. The van der Waals surface area contributed by atoms with Gasteiger partial charge in [-0.15, -0.1) is 0 Å². The second-order valence-electron chi connectivity index (χ2n) is 7.14. The molecule has 0 radical (unpaired) electrons. The number of nitrogens with one attached hydrogen (secondary N) is 1. The largest absolute Gasteiger partial charge is 0.506 e. The molecule has 2 heterocycles. The molecular weight excluding hydrogens is 354 g/mol. The molecular formula is C18H28N3O4S+. The van der Waals surface area contributed by atoms with Crippen molar-refractivity contribution in [2.75, 3.05) is 55.7 Å². The SMILES string of the molecule is CCN(C(=O)C[NH+]1CCN(c2ccccc2O)CC1)[C@@H]1CCS(=O)(=O)C1. The van der Waals surface area contributed by atoms with E-state index in [-0.39, 0.29) is 29.2 Å². The molecule has 7 nitrogen and oxygen atoms in total. The monoisotopic (exact) mass is 382 g/mol. The maximum atomic E-state index is 12.7.